The summed E-state index contributed by atoms with van der Waals surface area (Å²) in [6.45, 7) is 3.80. The Morgan fingerprint density at radius 3 is 2.62 bits per heavy atom. The number of hydrogen-bond acceptors (Lipinski definition) is 5. The fourth-order valence-electron chi connectivity index (χ4n) is 2.37. The Labute approximate surface area is 156 Å². The van der Waals surface area contributed by atoms with Crippen molar-refractivity contribution < 1.29 is 13.2 Å². The number of amides is 1. The van der Waals surface area contributed by atoms with Crippen LogP contribution in [0.3, 0.4) is 0 Å². The number of thiazole rings is 1. The summed E-state index contributed by atoms with van der Waals surface area (Å²) >= 11 is 1.38. The highest BCUT2D eigenvalue weighted by Crippen LogP contribution is 2.25. The summed E-state index contributed by atoms with van der Waals surface area (Å²) in [6.07, 6.45) is 0.0278. The second kappa shape index (κ2) is 7.53. The molecular weight excluding hydrogens is 370 g/mol. The number of para-hydroxylation sites is 1. The minimum Gasteiger partial charge on any atom is -0.302 e. The van der Waals surface area contributed by atoms with Crippen LogP contribution in [0, 0.1) is 13.8 Å². The number of nitrogens with zero attached hydrogens (tertiary/aromatic N) is 1. The number of aromatic nitrogens is 1. The third-order valence-electron chi connectivity index (χ3n) is 3.97. The van der Waals surface area contributed by atoms with Gasteiger partial charge in [-0.2, -0.15) is 0 Å². The molecule has 0 saturated carbocycles. The maximum Gasteiger partial charge on any atom is 0.240 e. The van der Waals surface area contributed by atoms with Crippen molar-refractivity contribution in [2.45, 2.75) is 25.2 Å². The molecule has 0 atom stereocenters. The number of aryl methyl sites for hydroxylation is 2. The summed E-state index contributed by atoms with van der Waals surface area (Å²) in [7, 11) is -3.63. The Morgan fingerprint density at radius 2 is 1.88 bits per heavy atom. The van der Waals surface area contributed by atoms with Crippen LogP contribution in [0.15, 0.2) is 47.4 Å². The first-order valence-electron chi connectivity index (χ1n) is 8.07. The monoisotopic (exact) mass is 389 g/mol. The van der Waals surface area contributed by atoms with Crippen molar-refractivity contribution in [1.29, 1.82) is 0 Å². The maximum atomic E-state index is 12.3. The topological polar surface area (TPSA) is 88.2 Å². The number of benzene rings is 2. The maximum absolute atomic E-state index is 12.3. The lowest BCUT2D eigenvalue weighted by Gasteiger charge is -2.08. The van der Waals surface area contributed by atoms with E-state index in [0.717, 1.165) is 21.3 Å². The highest BCUT2D eigenvalue weighted by Gasteiger charge is 2.15. The van der Waals surface area contributed by atoms with Gasteiger partial charge < -0.3 is 5.32 Å². The van der Waals surface area contributed by atoms with E-state index in [9.17, 15) is 13.2 Å². The van der Waals surface area contributed by atoms with Gasteiger partial charge in [0.1, 0.15) is 0 Å². The van der Waals surface area contributed by atoms with Crippen LogP contribution in [0.1, 0.15) is 17.5 Å². The van der Waals surface area contributed by atoms with Gasteiger partial charge in [0.25, 0.3) is 0 Å². The Hall–Kier alpha value is -2.29. The molecule has 0 unspecified atom stereocenters. The molecule has 1 amide bonds. The van der Waals surface area contributed by atoms with E-state index in [1.807, 2.05) is 38.1 Å². The Kier molecular flexibility index (Phi) is 5.36. The van der Waals surface area contributed by atoms with Gasteiger partial charge in [-0.1, -0.05) is 29.5 Å². The van der Waals surface area contributed by atoms with E-state index in [4.69, 9.17) is 0 Å². The first kappa shape index (κ1) is 18.5. The van der Waals surface area contributed by atoms with E-state index >= 15 is 0 Å². The molecule has 2 aromatic carbocycles. The molecule has 0 aliphatic heterocycles. The molecule has 8 heteroatoms. The van der Waals surface area contributed by atoms with Crippen molar-refractivity contribution in [3.8, 4) is 0 Å². The van der Waals surface area contributed by atoms with Crippen molar-refractivity contribution >= 4 is 42.6 Å². The minimum absolute atomic E-state index is 0.0198. The van der Waals surface area contributed by atoms with Crippen molar-refractivity contribution in [3.05, 3.63) is 53.6 Å². The molecule has 1 aromatic heterocycles. The number of anilines is 1. The number of sulfonamides is 1. The van der Waals surface area contributed by atoms with Crippen LogP contribution in [0.25, 0.3) is 10.2 Å². The molecule has 0 fully saturated rings. The third-order valence-corrected chi connectivity index (χ3v) is 6.38. The normalized spacial score (nSPS) is 11.6. The van der Waals surface area contributed by atoms with Crippen molar-refractivity contribution in [2.75, 3.05) is 11.9 Å². The van der Waals surface area contributed by atoms with Crippen molar-refractivity contribution in [3.63, 3.8) is 0 Å². The van der Waals surface area contributed by atoms with Crippen molar-refractivity contribution in [1.82, 2.24) is 9.71 Å². The molecule has 3 aromatic rings. The molecule has 0 aliphatic carbocycles. The van der Waals surface area contributed by atoms with E-state index in [1.54, 1.807) is 18.2 Å². The lowest BCUT2D eigenvalue weighted by atomic mass is 10.1. The first-order chi connectivity index (χ1) is 12.3. The summed E-state index contributed by atoms with van der Waals surface area (Å²) in [5.74, 6) is -0.285. The van der Waals surface area contributed by atoms with Gasteiger partial charge in [-0.15, -0.1) is 0 Å². The van der Waals surface area contributed by atoms with Crippen LogP contribution in [0.2, 0.25) is 0 Å². The van der Waals surface area contributed by atoms with Gasteiger partial charge in [0.2, 0.25) is 15.9 Å². The quantitative estimate of drug-likeness (QED) is 0.677. The molecule has 0 saturated heterocycles. The van der Waals surface area contributed by atoms with Gasteiger partial charge in [0.05, 0.1) is 15.1 Å². The van der Waals surface area contributed by atoms with Gasteiger partial charge >= 0.3 is 0 Å². The zero-order chi connectivity index (χ0) is 18.7. The molecule has 0 bridgehead atoms. The summed E-state index contributed by atoms with van der Waals surface area (Å²) in [4.78, 5) is 16.6. The van der Waals surface area contributed by atoms with Gasteiger partial charge in [-0.05, 0) is 49.2 Å². The largest absolute Gasteiger partial charge is 0.302 e. The fraction of sp³-hybridized carbons (Fsp3) is 0.222. The van der Waals surface area contributed by atoms with Gasteiger partial charge in [-0.25, -0.2) is 18.1 Å². The number of nitrogens with one attached hydrogen (secondary N) is 2. The predicted molar refractivity (Wildman–Crippen MR) is 104 cm³/mol. The summed E-state index contributed by atoms with van der Waals surface area (Å²) < 4.78 is 28.0. The summed E-state index contributed by atoms with van der Waals surface area (Å²) in [5.41, 5.74) is 2.75. The first-order valence-corrected chi connectivity index (χ1v) is 10.4. The number of fused-ring (bicyclic) bond motifs is 1. The smallest absolute Gasteiger partial charge is 0.240 e. The molecule has 3 rings (SSSR count). The highest BCUT2D eigenvalue weighted by molar-refractivity contribution is 7.89. The van der Waals surface area contributed by atoms with Crippen LogP contribution >= 0.6 is 11.3 Å². The molecule has 2 N–H and O–H groups in total. The van der Waals surface area contributed by atoms with E-state index in [0.29, 0.717) is 5.13 Å². The molecular formula is C18H19N3O3S2. The lowest BCUT2D eigenvalue weighted by molar-refractivity contribution is -0.116. The summed E-state index contributed by atoms with van der Waals surface area (Å²) in [5, 5.41) is 3.22. The Balaban J connectivity index is 1.56. The zero-order valence-electron chi connectivity index (χ0n) is 14.4. The van der Waals surface area contributed by atoms with Gasteiger partial charge in [0.15, 0.2) is 5.13 Å². The Bertz CT molecular complexity index is 1030. The second-order valence-electron chi connectivity index (χ2n) is 5.93. The molecule has 26 heavy (non-hydrogen) atoms. The SMILES string of the molecule is Cc1ccc(S(=O)(=O)NCCC(=O)Nc2nc3ccccc3s2)cc1C. The Morgan fingerprint density at radius 1 is 1.12 bits per heavy atom. The van der Waals surface area contributed by atoms with Crippen LogP contribution < -0.4 is 10.0 Å². The van der Waals surface area contributed by atoms with E-state index in [1.165, 1.54) is 11.3 Å². The van der Waals surface area contributed by atoms with Gasteiger partial charge in [0, 0.05) is 13.0 Å². The molecule has 6 nitrogen and oxygen atoms in total. The van der Waals surface area contributed by atoms with E-state index < -0.39 is 10.0 Å². The molecule has 0 spiro atoms. The van der Waals surface area contributed by atoms with Gasteiger partial charge in [-0.3, -0.25) is 4.79 Å². The average molecular weight is 390 g/mol. The number of carbonyl (C=O) groups excluding carboxylic acids is 1. The minimum atomic E-state index is -3.63. The van der Waals surface area contributed by atoms with Crippen LogP contribution in [-0.2, 0) is 14.8 Å². The van der Waals surface area contributed by atoms with Crippen LogP contribution in [-0.4, -0.2) is 25.9 Å². The highest BCUT2D eigenvalue weighted by atomic mass is 32.2. The lowest BCUT2D eigenvalue weighted by Crippen LogP contribution is -2.28. The fourth-order valence-corrected chi connectivity index (χ4v) is 4.37. The average Bonchev–Trinajstić information content (AvgIpc) is 2.99. The molecule has 0 radical (unpaired) electrons. The number of hydrogen-bond donors (Lipinski definition) is 2. The van der Waals surface area contributed by atoms with E-state index in [-0.39, 0.29) is 23.8 Å². The number of rotatable bonds is 6. The predicted octanol–water partition coefficient (Wildman–Crippen LogP) is 3.22. The standard InChI is InChI=1S/C18H19N3O3S2/c1-12-7-8-14(11-13(12)2)26(23,24)19-10-9-17(22)21-18-20-15-5-3-4-6-16(15)25-18/h3-8,11,19H,9-10H2,1-2H3,(H,20,21,22). The van der Waals surface area contributed by atoms with Crippen LogP contribution in [0.5, 0.6) is 0 Å². The molecule has 1 heterocycles. The molecule has 136 valence electrons. The van der Waals surface area contributed by atoms with Crippen molar-refractivity contribution in [2.24, 2.45) is 0 Å². The second-order valence-corrected chi connectivity index (χ2v) is 8.73. The van der Waals surface area contributed by atoms with Crippen LogP contribution in [0.4, 0.5) is 5.13 Å². The molecule has 0 aliphatic rings. The van der Waals surface area contributed by atoms with E-state index in [2.05, 4.69) is 15.0 Å². The third kappa shape index (κ3) is 4.27. The zero-order valence-corrected chi connectivity index (χ0v) is 16.1. The summed E-state index contributed by atoms with van der Waals surface area (Å²) in [6, 6.07) is 12.6. The number of carbonyl (C=O) groups is 1.